The average molecular weight is 461 g/mol. The molecule has 0 aliphatic carbocycles. The van der Waals surface area contributed by atoms with Gasteiger partial charge in [-0.05, 0) is 67.4 Å². The van der Waals surface area contributed by atoms with Crippen molar-refractivity contribution in [3.05, 3.63) is 108 Å². The molecule has 7 nitrogen and oxygen atoms in total. The number of sulfonamides is 1. The highest BCUT2D eigenvalue weighted by Crippen LogP contribution is 2.18. The Labute approximate surface area is 193 Å². The van der Waals surface area contributed by atoms with Gasteiger partial charge in [-0.2, -0.15) is 5.10 Å². The third kappa shape index (κ3) is 5.67. The minimum atomic E-state index is -3.81. The minimum absolute atomic E-state index is 0.0323. The lowest BCUT2D eigenvalue weighted by Crippen LogP contribution is -2.26. The van der Waals surface area contributed by atoms with Crippen LogP contribution in [0, 0.1) is 6.92 Å². The molecule has 33 heavy (non-hydrogen) atoms. The molecular formula is C25H24N4O3S. The fourth-order valence-corrected chi connectivity index (χ4v) is 4.40. The molecule has 0 saturated heterocycles. The number of anilines is 1. The van der Waals surface area contributed by atoms with Crippen molar-refractivity contribution in [2.75, 3.05) is 11.3 Å². The van der Waals surface area contributed by atoms with Gasteiger partial charge in [-0.1, -0.05) is 35.9 Å². The van der Waals surface area contributed by atoms with Gasteiger partial charge >= 0.3 is 0 Å². The predicted octanol–water partition coefficient (Wildman–Crippen LogP) is 3.95. The number of aromatic nitrogens is 2. The van der Waals surface area contributed by atoms with E-state index >= 15 is 0 Å². The maximum Gasteiger partial charge on any atom is 0.261 e. The molecule has 0 bridgehead atoms. The molecule has 4 aromatic rings. The summed E-state index contributed by atoms with van der Waals surface area (Å²) in [6.45, 7) is 2.36. The van der Waals surface area contributed by atoms with E-state index in [-0.39, 0.29) is 16.4 Å². The van der Waals surface area contributed by atoms with Gasteiger partial charge in [-0.3, -0.25) is 9.52 Å². The van der Waals surface area contributed by atoms with Crippen molar-refractivity contribution in [1.29, 1.82) is 0 Å². The lowest BCUT2D eigenvalue weighted by molar-refractivity contribution is 0.0954. The highest BCUT2D eigenvalue weighted by atomic mass is 32.2. The standard InChI is InChI=1S/C25H24N4O3S/c1-19-6-10-22(11-7-19)28-33(31,32)24-5-2-4-21(18-24)25(30)26-16-14-20-8-12-23(13-9-20)29-17-3-15-27-29/h2-13,15,17-18,28H,14,16H2,1H3,(H,26,30). The number of nitrogens with one attached hydrogen (secondary N) is 2. The molecule has 3 aromatic carbocycles. The summed E-state index contributed by atoms with van der Waals surface area (Å²) in [4.78, 5) is 12.6. The van der Waals surface area contributed by atoms with Gasteiger partial charge in [0.2, 0.25) is 0 Å². The molecule has 0 aliphatic rings. The number of nitrogens with zero attached hydrogens (tertiary/aromatic N) is 2. The summed E-state index contributed by atoms with van der Waals surface area (Å²) in [7, 11) is -3.81. The van der Waals surface area contributed by atoms with E-state index in [1.165, 1.54) is 12.1 Å². The third-order valence-corrected chi connectivity index (χ3v) is 6.49. The zero-order valence-corrected chi connectivity index (χ0v) is 18.9. The molecule has 0 spiro atoms. The first-order valence-electron chi connectivity index (χ1n) is 10.5. The molecule has 0 radical (unpaired) electrons. The van der Waals surface area contributed by atoms with Gasteiger partial charge in [0.05, 0.1) is 10.6 Å². The highest BCUT2D eigenvalue weighted by molar-refractivity contribution is 7.92. The molecule has 8 heteroatoms. The number of benzene rings is 3. The molecule has 1 heterocycles. The first-order chi connectivity index (χ1) is 15.9. The van der Waals surface area contributed by atoms with Crippen molar-refractivity contribution in [2.24, 2.45) is 0 Å². The van der Waals surface area contributed by atoms with E-state index in [4.69, 9.17) is 0 Å². The van der Waals surface area contributed by atoms with Crippen LogP contribution in [-0.2, 0) is 16.4 Å². The van der Waals surface area contributed by atoms with Gasteiger partial charge in [-0.15, -0.1) is 0 Å². The lowest BCUT2D eigenvalue weighted by atomic mass is 10.1. The average Bonchev–Trinajstić information content (AvgIpc) is 3.36. The van der Waals surface area contributed by atoms with E-state index in [9.17, 15) is 13.2 Å². The minimum Gasteiger partial charge on any atom is -0.352 e. The first kappa shape index (κ1) is 22.3. The molecule has 0 aliphatic heterocycles. The Balaban J connectivity index is 1.36. The van der Waals surface area contributed by atoms with Gasteiger partial charge < -0.3 is 5.32 Å². The Morgan fingerprint density at radius 1 is 0.970 bits per heavy atom. The second kappa shape index (κ2) is 9.70. The second-order valence-electron chi connectivity index (χ2n) is 7.62. The van der Waals surface area contributed by atoms with Crippen LogP contribution in [0.4, 0.5) is 5.69 Å². The Kier molecular flexibility index (Phi) is 6.55. The number of aryl methyl sites for hydroxylation is 1. The normalized spacial score (nSPS) is 11.2. The van der Waals surface area contributed by atoms with Crippen LogP contribution in [0.3, 0.4) is 0 Å². The second-order valence-corrected chi connectivity index (χ2v) is 9.30. The zero-order chi connectivity index (χ0) is 23.3. The number of hydrogen-bond acceptors (Lipinski definition) is 4. The van der Waals surface area contributed by atoms with Gasteiger partial charge in [-0.25, -0.2) is 13.1 Å². The summed E-state index contributed by atoms with van der Waals surface area (Å²) in [5, 5.41) is 7.05. The fraction of sp³-hybridized carbons (Fsp3) is 0.120. The topological polar surface area (TPSA) is 93.1 Å². The summed E-state index contributed by atoms with van der Waals surface area (Å²) in [5.41, 5.74) is 3.82. The van der Waals surface area contributed by atoms with Crippen molar-refractivity contribution in [2.45, 2.75) is 18.2 Å². The van der Waals surface area contributed by atoms with Crippen LogP contribution in [0.25, 0.3) is 5.69 Å². The van der Waals surface area contributed by atoms with Crippen LogP contribution in [0.15, 0.2) is 96.2 Å². The molecule has 0 unspecified atom stereocenters. The van der Waals surface area contributed by atoms with Crippen molar-refractivity contribution < 1.29 is 13.2 Å². The molecule has 0 atom stereocenters. The Morgan fingerprint density at radius 2 is 1.73 bits per heavy atom. The maximum absolute atomic E-state index is 12.7. The van der Waals surface area contributed by atoms with E-state index < -0.39 is 10.0 Å². The fourth-order valence-electron chi connectivity index (χ4n) is 3.30. The van der Waals surface area contributed by atoms with E-state index in [1.807, 2.05) is 55.6 Å². The highest BCUT2D eigenvalue weighted by Gasteiger charge is 2.16. The van der Waals surface area contributed by atoms with Crippen molar-refractivity contribution >= 4 is 21.6 Å². The zero-order valence-electron chi connectivity index (χ0n) is 18.1. The van der Waals surface area contributed by atoms with Crippen LogP contribution in [0.5, 0.6) is 0 Å². The van der Waals surface area contributed by atoms with E-state index in [0.29, 0.717) is 18.7 Å². The van der Waals surface area contributed by atoms with Crippen LogP contribution in [0.1, 0.15) is 21.5 Å². The Hall–Kier alpha value is -3.91. The smallest absolute Gasteiger partial charge is 0.261 e. The first-order valence-corrected chi connectivity index (χ1v) is 12.0. The summed E-state index contributed by atoms with van der Waals surface area (Å²) < 4.78 is 29.8. The SMILES string of the molecule is Cc1ccc(NS(=O)(=O)c2cccc(C(=O)NCCc3ccc(-n4cccn4)cc3)c2)cc1. The molecule has 0 fully saturated rings. The summed E-state index contributed by atoms with van der Waals surface area (Å²) >= 11 is 0. The molecule has 4 rings (SSSR count). The van der Waals surface area contributed by atoms with E-state index in [2.05, 4.69) is 15.1 Å². The van der Waals surface area contributed by atoms with Crippen LogP contribution >= 0.6 is 0 Å². The molecule has 168 valence electrons. The largest absolute Gasteiger partial charge is 0.352 e. The number of rotatable bonds is 8. The van der Waals surface area contributed by atoms with Gasteiger partial charge in [0, 0.05) is 30.2 Å². The van der Waals surface area contributed by atoms with Gasteiger partial charge in [0.1, 0.15) is 0 Å². The molecule has 0 saturated carbocycles. The quantitative estimate of drug-likeness (QED) is 0.416. The number of amides is 1. The third-order valence-electron chi connectivity index (χ3n) is 5.11. The molecule has 1 amide bonds. The van der Waals surface area contributed by atoms with Crippen LogP contribution < -0.4 is 10.0 Å². The van der Waals surface area contributed by atoms with E-state index in [1.54, 1.807) is 35.1 Å². The van der Waals surface area contributed by atoms with Crippen molar-refractivity contribution in [1.82, 2.24) is 15.1 Å². The van der Waals surface area contributed by atoms with Gasteiger partial charge in [0.15, 0.2) is 0 Å². The Bertz CT molecular complexity index is 1330. The summed E-state index contributed by atoms with van der Waals surface area (Å²) in [6.07, 6.45) is 4.25. The monoisotopic (exact) mass is 460 g/mol. The Morgan fingerprint density at radius 3 is 2.42 bits per heavy atom. The maximum atomic E-state index is 12.7. The summed E-state index contributed by atoms with van der Waals surface area (Å²) in [6, 6.07) is 22.8. The lowest BCUT2D eigenvalue weighted by Gasteiger charge is -2.10. The summed E-state index contributed by atoms with van der Waals surface area (Å²) in [5.74, 6) is -0.324. The van der Waals surface area contributed by atoms with E-state index in [0.717, 1.165) is 16.8 Å². The predicted molar refractivity (Wildman–Crippen MR) is 128 cm³/mol. The number of carbonyl (C=O) groups excluding carboxylic acids is 1. The van der Waals surface area contributed by atoms with Crippen LogP contribution in [-0.4, -0.2) is 30.7 Å². The van der Waals surface area contributed by atoms with Crippen molar-refractivity contribution in [3.63, 3.8) is 0 Å². The number of hydrogen-bond donors (Lipinski definition) is 2. The van der Waals surface area contributed by atoms with Crippen LogP contribution in [0.2, 0.25) is 0 Å². The number of carbonyl (C=O) groups is 1. The van der Waals surface area contributed by atoms with Crippen molar-refractivity contribution in [3.8, 4) is 5.69 Å². The van der Waals surface area contributed by atoms with Gasteiger partial charge in [0.25, 0.3) is 15.9 Å². The molecule has 1 aromatic heterocycles. The molecule has 2 N–H and O–H groups in total. The molecular weight excluding hydrogens is 436 g/mol.